The number of carbonyl (C=O) groups excluding carboxylic acids is 1. The number of amides is 1. The predicted molar refractivity (Wildman–Crippen MR) is 92.3 cm³/mol. The Morgan fingerprint density at radius 1 is 1.39 bits per heavy atom. The van der Waals surface area contributed by atoms with Crippen molar-refractivity contribution >= 4 is 23.4 Å². The van der Waals surface area contributed by atoms with Crippen molar-refractivity contribution in [2.24, 2.45) is 5.92 Å². The molecule has 1 N–H and O–H groups in total. The Kier molecular flexibility index (Phi) is 5.82. The van der Waals surface area contributed by atoms with Crippen LogP contribution >= 0.6 is 11.8 Å². The zero-order valence-corrected chi connectivity index (χ0v) is 14.7. The molecule has 124 valence electrons. The second-order valence-corrected chi connectivity index (χ2v) is 6.86. The number of nitrogens with zero attached hydrogens (tertiary/aromatic N) is 2. The number of aromatic nitrogens is 2. The van der Waals surface area contributed by atoms with Crippen molar-refractivity contribution in [3.05, 3.63) is 41.5 Å². The van der Waals surface area contributed by atoms with Crippen molar-refractivity contribution in [2.45, 2.75) is 39.4 Å². The van der Waals surface area contributed by atoms with E-state index in [1.165, 1.54) is 23.9 Å². The lowest BCUT2D eigenvalue weighted by Gasteiger charge is -2.12. The quantitative estimate of drug-likeness (QED) is 0.811. The van der Waals surface area contributed by atoms with Gasteiger partial charge in [0.25, 0.3) is 0 Å². The number of halogens is 1. The van der Waals surface area contributed by atoms with Crippen molar-refractivity contribution in [1.82, 2.24) is 9.55 Å². The fourth-order valence-electron chi connectivity index (χ4n) is 2.21. The largest absolute Gasteiger partial charge is 0.325 e. The molecule has 2 rings (SSSR count). The van der Waals surface area contributed by atoms with Gasteiger partial charge < -0.3 is 9.88 Å². The molecule has 1 aromatic carbocycles. The van der Waals surface area contributed by atoms with Gasteiger partial charge >= 0.3 is 0 Å². The second kappa shape index (κ2) is 7.64. The maximum atomic E-state index is 13.1. The Hall–Kier alpha value is -1.82. The normalized spacial score (nSPS) is 11.0. The van der Waals surface area contributed by atoms with E-state index < -0.39 is 0 Å². The maximum absolute atomic E-state index is 13.1. The minimum atomic E-state index is -0.367. The van der Waals surface area contributed by atoms with Crippen molar-refractivity contribution in [3.8, 4) is 0 Å². The summed E-state index contributed by atoms with van der Waals surface area (Å²) in [5.74, 6) is 0.205. The fourth-order valence-corrected chi connectivity index (χ4v) is 3.11. The summed E-state index contributed by atoms with van der Waals surface area (Å²) in [6.45, 7) is 9.20. The molecule has 0 atom stereocenters. The van der Waals surface area contributed by atoms with Gasteiger partial charge in [0.15, 0.2) is 5.16 Å². The molecular weight excluding hydrogens is 313 g/mol. The van der Waals surface area contributed by atoms with Gasteiger partial charge in [0, 0.05) is 17.9 Å². The van der Waals surface area contributed by atoms with Crippen LogP contribution in [0.1, 0.15) is 25.2 Å². The van der Waals surface area contributed by atoms with Crippen molar-refractivity contribution in [1.29, 1.82) is 0 Å². The lowest BCUT2D eigenvalue weighted by molar-refractivity contribution is -0.113. The smallest absolute Gasteiger partial charge is 0.234 e. The summed E-state index contributed by atoms with van der Waals surface area (Å²) in [4.78, 5) is 16.6. The molecule has 1 aromatic heterocycles. The summed E-state index contributed by atoms with van der Waals surface area (Å²) in [6, 6.07) is 5.88. The second-order valence-electron chi connectivity index (χ2n) is 5.92. The van der Waals surface area contributed by atoms with E-state index in [9.17, 15) is 9.18 Å². The van der Waals surface area contributed by atoms with E-state index in [1.807, 2.05) is 13.8 Å². The molecule has 0 unspecified atom stereocenters. The third kappa shape index (κ3) is 4.82. The van der Waals surface area contributed by atoms with Crippen molar-refractivity contribution in [2.75, 3.05) is 11.1 Å². The van der Waals surface area contributed by atoms with Gasteiger partial charge in [-0.05, 0) is 38.0 Å². The SMILES string of the molecule is Cc1nc(SCC(=O)Nc2cccc(F)c2)n(CC(C)C)c1C. The Morgan fingerprint density at radius 2 is 2.13 bits per heavy atom. The molecule has 0 aliphatic carbocycles. The summed E-state index contributed by atoms with van der Waals surface area (Å²) in [5.41, 5.74) is 2.58. The Morgan fingerprint density at radius 3 is 2.78 bits per heavy atom. The monoisotopic (exact) mass is 335 g/mol. The van der Waals surface area contributed by atoms with Crippen molar-refractivity contribution < 1.29 is 9.18 Å². The topological polar surface area (TPSA) is 46.9 Å². The van der Waals surface area contributed by atoms with Crippen LogP contribution in [0.2, 0.25) is 0 Å². The van der Waals surface area contributed by atoms with E-state index in [2.05, 4.69) is 28.7 Å². The standard InChI is InChI=1S/C17H22FN3OS/c1-11(2)9-21-13(4)12(3)19-17(21)23-10-16(22)20-15-7-5-6-14(18)8-15/h5-8,11H,9-10H2,1-4H3,(H,20,22). The third-order valence-electron chi connectivity index (χ3n) is 3.41. The molecule has 1 heterocycles. The molecule has 0 aliphatic rings. The van der Waals surface area contributed by atoms with Crippen LogP contribution in [0.25, 0.3) is 0 Å². The molecule has 0 aliphatic heterocycles. The Labute approximate surface area is 140 Å². The molecule has 0 spiro atoms. The minimum absolute atomic E-state index is 0.171. The lowest BCUT2D eigenvalue weighted by atomic mass is 10.2. The predicted octanol–water partition coefficient (Wildman–Crippen LogP) is 4.03. The number of imidazole rings is 1. The van der Waals surface area contributed by atoms with E-state index in [-0.39, 0.29) is 17.5 Å². The number of thioether (sulfide) groups is 1. The number of carbonyl (C=O) groups is 1. The van der Waals surface area contributed by atoms with Gasteiger partial charge in [0.2, 0.25) is 5.91 Å². The van der Waals surface area contributed by atoms with Crippen LogP contribution in [0.5, 0.6) is 0 Å². The lowest BCUT2D eigenvalue weighted by Crippen LogP contribution is -2.15. The first-order valence-electron chi connectivity index (χ1n) is 7.58. The van der Waals surface area contributed by atoms with Gasteiger partial charge in [-0.1, -0.05) is 31.7 Å². The number of hydrogen-bond acceptors (Lipinski definition) is 3. The van der Waals surface area contributed by atoms with Gasteiger partial charge in [0.1, 0.15) is 5.82 Å². The highest BCUT2D eigenvalue weighted by Crippen LogP contribution is 2.22. The summed E-state index contributed by atoms with van der Waals surface area (Å²) < 4.78 is 15.3. The number of rotatable bonds is 6. The molecule has 1 amide bonds. The molecule has 4 nitrogen and oxygen atoms in total. The Bertz CT molecular complexity index is 697. The molecule has 6 heteroatoms. The van der Waals surface area contributed by atoms with Gasteiger partial charge in [0.05, 0.1) is 11.4 Å². The molecule has 0 fully saturated rings. The van der Waals surface area contributed by atoms with Gasteiger partial charge in [-0.15, -0.1) is 0 Å². The van der Waals surface area contributed by atoms with E-state index >= 15 is 0 Å². The van der Waals surface area contributed by atoms with Crippen LogP contribution < -0.4 is 5.32 Å². The zero-order valence-electron chi connectivity index (χ0n) is 13.9. The first-order chi connectivity index (χ1) is 10.9. The third-order valence-corrected chi connectivity index (χ3v) is 4.39. The highest BCUT2D eigenvalue weighted by Gasteiger charge is 2.14. The highest BCUT2D eigenvalue weighted by molar-refractivity contribution is 7.99. The highest BCUT2D eigenvalue weighted by atomic mass is 32.2. The summed E-state index contributed by atoms with van der Waals surface area (Å²) in [5, 5.41) is 3.55. The van der Waals surface area contributed by atoms with Crippen LogP contribution in [0.4, 0.5) is 10.1 Å². The van der Waals surface area contributed by atoms with E-state index in [0.29, 0.717) is 11.6 Å². The first-order valence-corrected chi connectivity index (χ1v) is 8.57. The van der Waals surface area contributed by atoms with Crippen LogP contribution in [-0.4, -0.2) is 21.2 Å². The summed E-state index contributed by atoms with van der Waals surface area (Å²) in [7, 11) is 0. The molecule has 0 bridgehead atoms. The number of hydrogen-bond donors (Lipinski definition) is 1. The number of aryl methyl sites for hydroxylation is 1. The number of anilines is 1. The zero-order chi connectivity index (χ0) is 17.0. The summed E-state index contributed by atoms with van der Waals surface area (Å²) >= 11 is 1.40. The maximum Gasteiger partial charge on any atom is 0.234 e. The average Bonchev–Trinajstić information content (AvgIpc) is 2.72. The first kappa shape index (κ1) is 17.5. The fraction of sp³-hybridized carbons (Fsp3) is 0.412. The van der Waals surface area contributed by atoms with Gasteiger partial charge in [-0.2, -0.15) is 0 Å². The van der Waals surface area contributed by atoms with Gasteiger partial charge in [-0.3, -0.25) is 4.79 Å². The molecule has 0 saturated heterocycles. The van der Waals surface area contributed by atoms with Crippen molar-refractivity contribution in [3.63, 3.8) is 0 Å². The van der Waals surface area contributed by atoms with Crippen LogP contribution in [0.15, 0.2) is 29.4 Å². The molecule has 2 aromatic rings. The Balaban J connectivity index is 2.00. The number of nitrogens with one attached hydrogen (secondary N) is 1. The van der Waals surface area contributed by atoms with E-state index in [0.717, 1.165) is 23.1 Å². The molecule has 0 saturated carbocycles. The average molecular weight is 335 g/mol. The number of benzene rings is 1. The van der Waals surface area contributed by atoms with E-state index in [1.54, 1.807) is 12.1 Å². The molecule has 0 radical (unpaired) electrons. The van der Waals surface area contributed by atoms with Crippen LogP contribution in [-0.2, 0) is 11.3 Å². The van der Waals surface area contributed by atoms with E-state index in [4.69, 9.17) is 0 Å². The minimum Gasteiger partial charge on any atom is -0.325 e. The molecule has 23 heavy (non-hydrogen) atoms. The van der Waals surface area contributed by atoms with Crippen LogP contribution in [0.3, 0.4) is 0 Å². The van der Waals surface area contributed by atoms with Crippen LogP contribution in [0, 0.1) is 25.6 Å². The molecular formula is C17H22FN3OS. The van der Waals surface area contributed by atoms with Gasteiger partial charge in [-0.25, -0.2) is 9.37 Å². The summed E-state index contributed by atoms with van der Waals surface area (Å²) in [6.07, 6.45) is 0.